The number of aryl methyl sites for hydroxylation is 1. The van der Waals surface area contributed by atoms with Crippen LogP contribution < -0.4 is 14.8 Å². The van der Waals surface area contributed by atoms with Gasteiger partial charge in [0.05, 0.1) is 12.4 Å². The lowest BCUT2D eigenvalue weighted by atomic mass is 10.1. The quantitative estimate of drug-likeness (QED) is 0.768. The number of fused-ring (bicyclic) bond motifs is 1. The van der Waals surface area contributed by atoms with E-state index in [0.717, 1.165) is 34.2 Å². The minimum Gasteiger partial charge on any atom is -0.494 e. The molecule has 0 aliphatic carbocycles. The molecule has 1 atom stereocenters. The number of nitrogens with zero attached hydrogens (tertiary/aromatic N) is 2. The normalized spacial score (nSPS) is 15.6. The van der Waals surface area contributed by atoms with Crippen molar-refractivity contribution in [3.63, 3.8) is 0 Å². The Labute approximate surface area is 151 Å². The second kappa shape index (κ2) is 7.82. The van der Waals surface area contributed by atoms with Gasteiger partial charge in [-0.05, 0) is 26.0 Å². The number of imidazole rings is 1. The Morgan fingerprint density at radius 2 is 2.36 bits per heavy atom. The Kier molecular flexibility index (Phi) is 5.53. The summed E-state index contributed by atoms with van der Waals surface area (Å²) in [6.07, 6.45) is 4.66. The first-order chi connectivity index (χ1) is 12.1. The molecular weight excluding hydrogens is 338 g/mol. The van der Waals surface area contributed by atoms with Crippen molar-refractivity contribution in [2.45, 2.75) is 38.1 Å². The molecule has 2 heterocycles. The van der Waals surface area contributed by atoms with E-state index in [2.05, 4.69) is 17.2 Å². The largest absolute Gasteiger partial charge is 0.494 e. The van der Waals surface area contributed by atoms with Crippen LogP contribution in [0.4, 0.5) is 0 Å². The van der Waals surface area contributed by atoms with E-state index >= 15 is 0 Å². The first-order valence-corrected chi connectivity index (χ1v) is 9.37. The molecule has 0 fully saturated rings. The number of amides is 1. The van der Waals surface area contributed by atoms with Crippen molar-refractivity contribution < 1.29 is 14.3 Å². The molecule has 3 rings (SSSR count). The van der Waals surface area contributed by atoms with Crippen LogP contribution >= 0.6 is 11.8 Å². The molecule has 7 heteroatoms. The van der Waals surface area contributed by atoms with E-state index in [4.69, 9.17) is 9.47 Å². The maximum atomic E-state index is 12.1. The summed E-state index contributed by atoms with van der Waals surface area (Å²) in [6, 6.07) is 4.02. The van der Waals surface area contributed by atoms with Gasteiger partial charge in [-0.1, -0.05) is 11.8 Å². The maximum Gasteiger partial charge on any atom is 0.230 e. The predicted octanol–water partition coefficient (Wildman–Crippen LogP) is 2.55. The zero-order chi connectivity index (χ0) is 17.8. The third-order valence-electron chi connectivity index (χ3n) is 3.96. The number of carbonyl (C=O) groups excluding carboxylic acids is 1. The number of aromatic nitrogens is 2. The molecule has 1 aromatic heterocycles. The van der Waals surface area contributed by atoms with Gasteiger partial charge in [0.15, 0.2) is 5.16 Å². The summed E-state index contributed by atoms with van der Waals surface area (Å²) in [5.74, 6) is 2.00. The first kappa shape index (κ1) is 17.7. The highest BCUT2D eigenvalue weighted by Crippen LogP contribution is 2.35. The summed E-state index contributed by atoms with van der Waals surface area (Å²) in [5.41, 5.74) is 2.10. The van der Waals surface area contributed by atoms with Gasteiger partial charge in [0, 0.05) is 43.5 Å². The van der Waals surface area contributed by atoms with E-state index in [1.54, 1.807) is 6.20 Å². The highest BCUT2D eigenvalue weighted by atomic mass is 32.2. The third kappa shape index (κ3) is 4.28. The van der Waals surface area contributed by atoms with Crippen molar-refractivity contribution in [1.82, 2.24) is 14.9 Å². The zero-order valence-electron chi connectivity index (χ0n) is 14.7. The van der Waals surface area contributed by atoms with E-state index in [-0.39, 0.29) is 12.0 Å². The van der Waals surface area contributed by atoms with Crippen LogP contribution in [0.15, 0.2) is 29.7 Å². The topological polar surface area (TPSA) is 65.4 Å². The van der Waals surface area contributed by atoms with Gasteiger partial charge in [-0.2, -0.15) is 0 Å². The number of nitrogens with one attached hydrogen (secondary N) is 1. The van der Waals surface area contributed by atoms with Gasteiger partial charge in [-0.15, -0.1) is 0 Å². The highest BCUT2D eigenvalue weighted by Gasteiger charge is 2.22. The molecule has 0 radical (unpaired) electrons. The first-order valence-electron chi connectivity index (χ1n) is 8.39. The molecule has 1 amide bonds. The molecular formula is C18H23N3O3S. The number of benzene rings is 1. The van der Waals surface area contributed by atoms with Crippen LogP contribution in [-0.4, -0.2) is 33.9 Å². The number of rotatable bonds is 7. The summed E-state index contributed by atoms with van der Waals surface area (Å²) >= 11 is 1.42. The molecule has 0 spiro atoms. The van der Waals surface area contributed by atoms with Crippen LogP contribution in [0.25, 0.3) is 0 Å². The molecule has 2 aromatic rings. The number of hydrogen-bond donors (Lipinski definition) is 1. The minimum atomic E-state index is -0.0368. The van der Waals surface area contributed by atoms with Gasteiger partial charge < -0.3 is 19.4 Å². The van der Waals surface area contributed by atoms with Gasteiger partial charge in [0.2, 0.25) is 5.91 Å². The van der Waals surface area contributed by atoms with Crippen LogP contribution in [0.1, 0.15) is 25.0 Å². The van der Waals surface area contributed by atoms with Crippen molar-refractivity contribution in [1.29, 1.82) is 0 Å². The molecule has 1 aliphatic heterocycles. The van der Waals surface area contributed by atoms with E-state index in [1.165, 1.54) is 11.8 Å². The van der Waals surface area contributed by atoms with Crippen LogP contribution in [0.3, 0.4) is 0 Å². The number of hydrogen-bond acceptors (Lipinski definition) is 5. The number of thioether (sulfide) groups is 1. The molecule has 0 bridgehead atoms. The number of carbonyl (C=O) groups is 1. The summed E-state index contributed by atoms with van der Waals surface area (Å²) in [6.45, 7) is 5.01. The molecule has 1 N–H and O–H groups in total. The van der Waals surface area contributed by atoms with Crippen molar-refractivity contribution in [2.75, 3.05) is 12.4 Å². The predicted molar refractivity (Wildman–Crippen MR) is 97.2 cm³/mol. The average molecular weight is 361 g/mol. The van der Waals surface area contributed by atoms with Crippen molar-refractivity contribution in [2.24, 2.45) is 7.05 Å². The Morgan fingerprint density at radius 1 is 1.52 bits per heavy atom. The fourth-order valence-corrected chi connectivity index (χ4v) is 3.54. The molecule has 1 aliphatic rings. The summed E-state index contributed by atoms with van der Waals surface area (Å²) in [5, 5.41) is 3.77. The molecule has 0 unspecified atom stereocenters. The zero-order valence-corrected chi connectivity index (χ0v) is 15.6. The fraction of sp³-hybridized carbons (Fsp3) is 0.444. The standard InChI is InChI=1S/C18H23N3O3S/c1-4-23-15-8-13-7-12(2)24-16(13)9-14(15)10-20-17(22)11-25-18-19-5-6-21(18)3/h5-6,8-9,12H,4,7,10-11H2,1-3H3,(H,20,22)/t12-/m0/s1. The second-order valence-corrected chi connectivity index (χ2v) is 6.96. The van der Waals surface area contributed by atoms with Gasteiger partial charge in [-0.25, -0.2) is 4.98 Å². The van der Waals surface area contributed by atoms with Gasteiger partial charge in [0.1, 0.15) is 17.6 Å². The Hall–Kier alpha value is -2.15. The summed E-state index contributed by atoms with van der Waals surface area (Å²) < 4.78 is 13.4. The molecule has 134 valence electrons. The average Bonchev–Trinajstić information content (AvgIpc) is 3.15. The molecule has 1 aromatic carbocycles. The van der Waals surface area contributed by atoms with E-state index in [1.807, 2.05) is 36.9 Å². The van der Waals surface area contributed by atoms with E-state index in [9.17, 15) is 4.79 Å². The Bertz CT molecular complexity index is 760. The van der Waals surface area contributed by atoms with Crippen molar-refractivity contribution in [3.8, 4) is 11.5 Å². The monoisotopic (exact) mass is 361 g/mol. The summed E-state index contributed by atoms with van der Waals surface area (Å²) in [4.78, 5) is 16.3. The summed E-state index contributed by atoms with van der Waals surface area (Å²) in [7, 11) is 1.91. The van der Waals surface area contributed by atoms with Crippen LogP contribution in [0, 0.1) is 0 Å². The Morgan fingerprint density at radius 3 is 3.08 bits per heavy atom. The molecule has 6 nitrogen and oxygen atoms in total. The third-order valence-corrected chi connectivity index (χ3v) is 5.02. The van der Waals surface area contributed by atoms with Crippen LogP contribution in [-0.2, 0) is 24.8 Å². The smallest absolute Gasteiger partial charge is 0.230 e. The van der Waals surface area contributed by atoms with Gasteiger partial charge in [-0.3, -0.25) is 4.79 Å². The van der Waals surface area contributed by atoms with E-state index in [0.29, 0.717) is 18.9 Å². The van der Waals surface area contributed by atoms with Crippen molar-refractivity contribution >= 4 is 17.7 Å². The molecule has 0 saturated heterocycles. The highest BCUT2D eigenvalue weighted by molar-refractivity contribution is 7.99. The lowest BCUT2D eigenvalue weighted by molar-refractivity contribution is -0.118. The maximum absolute atomic E-state index is 12.1. The van der Waals surface area contributed by atoms with Gasteiger partial charge in [0.25, 0.3) is 0 Å². The van der Waals surface area contributed by atoms with Crippen molar-refractivity contribution in [3.05, 3.63) is 35.7 Å². The fourth-order valence-electron chi connectivity index (χ4n) is 2.78. The van der Waals surface area contributed by atoms with Crippen LogP contribution in [0.5, 0.6) is 11.5 Å². The van der Waals surface area contributed by atoms with Gasteiger partial charge >= 0.3 is 0 Å². The van der Waals surface area contributed by atoms with E-state index < -0.39 is 0 Å². The Balaban J connectivity index is 1.61. The number of ether oxygens (including phenoxy) is 2. The van der Waals surface area contributed by atoms with Crippen LogP contribution in [0.2, 0.25) is 0 Å². The molecule has 25 heavy (non-hydrogen) atoms. The molecule has 0 saturated carbocycles. The lowest BCUT2D eigenvalue weighted by Crippen LogP contribution is -2.25. The minimum absolute atomic E-state index is 0.0368. The lowest BCUT2D eigenvalue weighted by Gasteiger charge is -2.13. The second-order valence-electron chi connectivity index (χ2n) is 6.02. The SMILES string of the molecule is CCOc1cc2c(cc1CNC(=O)CSc1nccn1C)O[C@@H](C)C2.